The van der Waals surface area contributed by atoms with Crippen LogP contribution in [0.3, 0.4) is 0 Å². The van der Waals surface area contributed by atoms with Crippen LogP contribution < -0.4 is 15.2 Å². The monoisotopic (exact) mass is 223 g/mol. The van der Waals surface area contributed by atoms with Crippen molar-refractivity contribution in [3.63, 3.8) is 0 Å². The molecule has 1 heterocycles. The molecule has 1 aromatic rings. The number of aliphatic hydroxyl groups is 1. The van der Waals surface area contributed by atoms with Gasteiger partial charge in [0.25, 0.3) is 0 Å². The maximum absolute atomic E-state index is 9.93. The largest absolute Gasteiger partial charge is 0.486 e. The molecule has 16 heavy (non-hydrogen) atoms. The number of ether oxygens (including phenoxy) is 2. The van der Waals surface area contributed by atoms with E-state index in [1.54, 1.807) is 12.1 Å². The lowest BCUT2D eigenvalue weighted by atomic mass is 10.0. The minimum absolute atomic E-state index is 0.527. The average molecular weight is 223 g/mol. The Kier molecular flexibility index (Phi) is 3.19. The van der Waals surface area contributed by atoms with Crippen LogP contribution >= 0.6 is 0 Å². The summed E-state index contributed by atoms with van der Waals surface area (Å²) in [6.45, 7) is 3.11. The summed E-state index contributed by atoms with van der Waals surface area (Å²) in [5, 5.41) is 9.93. The van der Waals surface area contributed by atoms with Crippen LogP contribution in [0.25, 0.3) is 0 Å². The third-order valence-corrected chi connectivity index (χ3v) is 2.67. The molecular weight excluding hydrogens is 206 g/mol. The van der Waals surface area contributed by atoms with Crippen molar-refractivity contribution in [1.82, 2.24) is 0 Å². The molecule has 1 aromatic carbocycles. The van der Waals surface area contributed by atoms with E-state index in [4.69, 9.17) is 15.2 Å². The van der Waals surface area contributed by atoms with E-state index in [1.807, 2.05) is 6.92 Å². The summed E-state index contributed by atoms with van der Waals surface area (Å²) in [5.41, 5.74) is 7.17. The molecule has 0 saturated carbocycles. The number of hydrogen-bond acceptors (Lipinski definition) is 4. The third kappa shape index (κ3) is 2.07. The van der Waals surface area contributed by atoms with Crippen molar-refractivity contribution in [2.75, 3.05) is 18.9 Å². The van der Waals surface area contributed by atoms with Crippen molar-refractivity contribution in [2.45, 2.75) is 25.9 Å². The van der Waals surface area contributed by atoms with Crippen LogP contribution in [0.1, 0.15) is 31.4 Å². The van der Waals surface area contributed by atoms with Gasteiger partial charge in [0.05, 0.1) is 6.10 Å². The van der Waals surface area contributed by atoms with Crippen LogP contribution in [0.5, 0.6) is 11.5 Å². The van der Waals surface area contributed by atoms with Crippen molar-refractivity contribution in [2.24, 2.45) is 0 Å². The van der Waals surface area contributed by atoms with Gasteiger partial charge in [-0.25, -0.2) is 0 Å². The lowest BCUT2D eigenvalue weighted by molar-refractivity contribution is 0.159. The lowest BCUT2D eigenvalue weighted by Crippen LogP contribution is -2.16. The lowest BCUT2D eigenvalue weighted by Gasteiger charge is -2.21. The van der Waals surface area contributed by atoms with Gasteiger partial charge in [-0.2, -0.15) is 0 Å². The fourth-order valence-electron chi connectivity index (χ4n) is 1.84. The van der Waals surface area contributed by atoms with Crippen molar-refractivity contribution in [1.29, 1.82) is 0 Å². The highest BCUT2D eigenvalue weighted by atomic mass is 16.6. The SMILES string of the molecule is CCCC(O)c1cc2c(cc1N)OCCO2. The van der Waals surface area contributed by atoms with Gasteiger partial charge in [0.2, 0.25) is 0 Å². The van der Waals surface area contributed by atoms with Crippen LogP contribution in [-0.4, -0.2) is 18.3 Å². The summed E-state index contributed by atoms with van der Waals surface area (Å²) in [7, 11) is 0. The van der Waals surface area contributed by atoms with Crippen molar-refractivity contribution < 1.29 is 14.6 Å². The molecule has 2 rings (SSSR count). The molecule has 0 fully saturated rings. The molecule has 4 nitrogen and oxygen atoms in total. The number of aliphatic hydroxyl groups excluding tert-OH is 1. The Morgan fingerprint density at radius 1 is 1.31 bits per heavy atom. The van der Waals surface area contributed by atoms with Gasteiger partial charge in [0, 0.05) is 17.3 Å². The zero-order valence-electron chi connectivity index (χ0n) is 9.40. The van der Waals surface area contributed by atoms with Gasteiger partial charge < -0.3 is 20.3 Å². The summed E-state index contributed by atoms with van der Waals surface area (Å²) in [4.78, 5) is 0. The van der Waals surface area contributed by atoms with Crippen LogP contribution in [0.15, 0.2) is 12.1 Å². The Balaban J connectivity index is 2.31. The highest BCUT2D eigenvalue weighted by Gasteiger charge is 2.18. The Morgan fingerprint density at radius 2 is 1.94 bits per heavy atom. The van der Waals surface area contributed by atoms with E-state index in [0.29, 0.717) is 36.8 Å². The zero-order valence-corrected chi connectivity index (χ0v) is 9.40. The minimum atomic E-state index is -0.527. The number of benzene rings is 1. The summed E-state index contributed by atoms with van der Waals surface area (Å²) >= 11 is 0. The highest BCUT2D eigenvalue weighted by Crippen LogP contribution is 2.37. The molecule has 0 radical (unpaired) electrons. The van der Waals surface area contributed by atoms with Crippen molar-refractivity contribution >= 4 is 5.69 Å². The number of nitrogens with two attached hydrogens (primary N) is 1. The standard InChI is InChI=1S/C12H17NO3/c1-2-3-10(14)8-6-11-12(7-9(8)13)16-5-4-15-11/h6-7,10,14H,2-5,13H2,1H3. The molecule has 0 spiro atoms. The summed E-state index contributed by atoms with van der Waals surface area (Å²) in [5.74, 6) is 1.34. The first-order chi connectivity index (χ1) is 7.72. The van der Waals surface area contributed by atoms with E-state index in [-0.39, 0.29) is 0 Å². The molecule has 0 amide bonds. The number of anilines is 1. The first kappa shape index (κ1) is 11.1. The van der Waals surface area contributed by atoms with Gasteiger partial charge in [0.15, 0.2) is 11.5 Å². The molecule has 1 atom stereocenters. The predicted molar refractivity (Wildman–Crippen MR) is 61.7 cm³/mol. The Morgan fingerprint density at radius 3 is 2.56 bits per heavy atom. The molecule has 0 saturated heterocycles. The van der Waals surface area contributed by atoms with Gasteiger partial charge >= 0.3 is 0 Å². The van der Waals surface area contributed by atoms with Crippen molar-refractivity contribution in [3.05, 3.63) is 17.7 Å². The molecule has 1 unspecified atom stereocenters. The molecule has 1 aliphatic heterocycles. The van der Waals surface area contributed by atoms with Crippen LogP contribution in [0, 0.1) is 0 Å². The van der Waals surface area contributed by atoms with E-state index in [2.05, 4.69) is 0 Å². The molecule has 0 bridgehead atoms. The first-order valence-corrected chi connectivity index (χ1v) is 5.59. The molecule has 0 aliphatic carbocycles. The van der Waals surface area contributed by atoms with Gasteiger partial charge in [-0.3, -0.25) is 0 Å². The second-order valence-electron chi connectivity index (χ2n) is 3.93. The fraction of sp³-hybridized carbons (Fsp3) is 0.500. The van der Waals surface area contributed by atoms with E-state index < -0.39 is 6.10 Å². The van der Waals surface area contributed by atoms with E-state index >= 15 is 0 Å². The minimum Gasteiger partial charge on any atom is -0.486 e. The second kappa shape index (κ2) is 4.61. The summed E-state index contributed by atoms with van der Waals surface area (Å²) in [6, 6.07) is 3.51. The molecular formula is C12H17NO3. The molecule has 88 valence electrons. The normalized spacial score (nSPS) is 15.9. The van der Waals surface area contributed by atoms with Crippen LogP contribution in [-0.2, 0) is 0 Å². The van der Waals surface area contributed by atoms with E-state index in [9.17, 15) is 5.11 Å². The number of hydrogen-bond donors (Lipinski definition) is 2. The number of nitrogen functional groups attached to an aromatic ring is 1. The maximum Gasteiger partial charge on any atom is 0.163 e. The van der Waals surface area contributed by atoms with Gasteiger partial charge in [-0.15, -0.1) is 0 Å². The smallest absolute Gasteiger partial charge is 0.163 e. The zero-order chi connectivity index (χ0) is 11.5. The summed E-state index contributed by atoms with van der Waals surface area (Å²) in [6.07, 6.45) is 1.08. The highest BCUT2D eigenvalue weighted by molar-refractivity contribution is 5.59. The topological polar surface area (TPSA) is 64.7 Å². The van der Waals surface area contributed by atoms with Gasteiger partial charge in [-0.05, 0) is 12.5 Å². The molecule has 4 heteroatoms. The molecule has 1 aliphatic rings. The second-order valence-corrected chi connectivity index (χ2v) is 3.93. The molecule has 0 aromatic heterocycles. The Hall–Kier alpha value is -1.42. The maximum atomic E-state index is 9.93. The number of fused-ring (bicyclic) bond motifs is 1. The first-order valence-electron chi connectivity index (χ1n) is 5.59. The van der Waals surface area contributed by atoms with Gasteiger partial charge in [0.1, 0.15) is 13.2 Å². The van der Waals surface area contributed by atoms with Crippen molar-refractivity contribution in [3.8, 4) is 11.5 Å². The fourth-order valence-corrected chi connectivity index (χ4v) is 1.84. The Labute approximate surface area is 95.0 Å². The summed E-state index contributed by atoms with van der Waals surface area (Å²) < 4.78 is 10.9. The predicted octanol–water partition coefficient (Wildman–Crippen LogP) is 1.87. The van der Waals surface area contributed by atoms with Crippen LogP contribution in [0.2, 0.25) is 0 Å². The van der Waals surface area contributed by atoms with E-state index in [0.717, 1.165) is 12.0 Å². The average Bonchev–Trinajstić information content (AvgIpc) is 2.28. The quantitative estimate of drug-likeness (QED) is 0.768. The number of rotatable bonds is 3. The third-order valence-electron chi connectivity index (χ3n) is 2.67. The molecule has 3 N–H and O–H groups in total. The van der Waals surface area contributed by atoms with Gasteiger partial charge in [-0.1, -0.05) is 13.3 Å². The van der Waals surface area contributed by atoms with Crippen LogP contribution in [0.4, 0.5) is 5.69 Å². The van der Waals surface area contributed by atoms with E-state index in [1.165, 1.54) is 0 Å². The Bertz CT molecular complexity index is 379.